The summed E-state index contributed by atoms with van der Waals surface area (Å²) in [5.74, 6) is -0.893. The zero-order valence-corrected chi connectivity index (χ0v) is 20.7. The number of aliphatic hydroxyl groups excluding tert-OH is 2. The Balaban J connectivity index is 1.74. The van der Waals surface area contributed by atoms with Crippen LogP contribution in [-0.2, 0) is 0 Å². The third kappa shape index (κ3) is 5.04. The van der Waals surface area contributed by atoms with Crippen molar-refractivity contribution in [1.82, 2.24) is 15.0 Å². The summed E-state index contributed by atoms with van der Waals surface area (Å²) >= 11 is 5.89. The SMILES string of the molecule is Cc1cc([C@@H](C)Nc2ccc(Cl)nc2C(=O)O)c2nc(N3CCC(C(CO)CO)C3)c(C#N)nc2c1. The van der Waals surface area contributed by atoms with Crippen LogP contribution in [0, 0.1) is 30.1 Å². The quantitative estimate of drug-likeness (QED) is 0.332. The Kier molecular flexibility index (Phi) is 7.54. The minimum Gasteiger partial charge on any atom is -0.476 e. The molecule has 1 saturated heterocycles. The topological polar surface area (TPSA) is 155 Å². The number of fused-ring (bicyclic) bond motifs is 1. The number of hydrogen-bond donors (Lipinski definition) is 4. The number of halogens is 1. The number of hydrogen-bond acceptors (Lipinski definition) is 9. The first kappa shape index (κ1) is 25.6. The number of aliphatic hydroxyl groups is 2. The van der Waals surface area contributed by atoms with Gasteiger partial charge in [-0.3, -0.25) is 0 Å². The second-order valence-electron chi connectivity index (χ2n) is 9.05. The largest absolute Gasteiger partial charge is 0.476 e. The van der Waals surface area contributed by atoms with Gasteiger partial charge in [0, 0.05) is 37.8 Å². The molecule has 0 saturated carbocycles. The van der Waals surface area contributed by atoms with Crippen molar-refractivity contribution in [3.63, 3.8) is 0 Å². The average molecular weight is 511 g/mol. The minimum absolute atomic E-state index is 0.0777. The number of nitriles is 1. The molecule has 1 aliphatic heterocycles. The van der Waals surface area contributed by atoms with E-state index >= 15 is 0 Å². The fourth-order valence-corrected chi connectivity index (χ4v) is 4.84. The molecule has 10 nitrogen and oxygen atoms in total. The number of rotatable bonds is 8. The number of nitrogens with one attached hydrogen (secondary N) is 1. The number of aromatic nitrogens is 3. The van der Waals surface area contributed by atoms with Crippen LogP contribution in [0.4, 0.5) is 11.5 Å². The molecule has 3 heterocycles. The fraction of sp³-hybridized carbons (Fsp3) is 0.400. The van der Waals surface area contributed by atoms with E-state index < -0.39 is 5.97 Å². The molecular weight excluding hydrogens is 484 g/mol. The highest BCUT2D eigenvalue weighted by atomic mass is 35.5. The molecule has 1 fully saturated rings. The molecule has 1 aromatic carbocycles. The summed E-state index contributed by atoms with van der Waals surface area (Å²) in [5.41, 5.74) is 3.20. The molecule has 2 aromatic heterocycles. The summed E-state index contributed by atoms with van der Waals surface area (Å²) in [7, 11) is 0. The van der Waals surface area contributed by atoms with Gasteiger partial charge in [0.1, 0.15) is 11.2 Å². The van der Waals surface area contributed by atoms with Crippen LogP contribution in [0.1, 0.15) is 46.7 Å². The molecule has 1 aliphatic rings. The Bertz CT molecular complexity index is 1340. The molecule has 1 unspecified atom stereocenters. The Labute approximate surface area is 213 Å². The van der Waals surface area contributed by atoms with Crippen LogP contribution in [0.3, 0.4) is 0 Å². The molecule has 4 rings (SSSR count). The maximum atomic E-state index is 11.7. The lowest BCUT2D eigenvalue weighted by atomic mass is 9.93. The summed E-state index contributed by atoms with van der Waals surface area (Å²) in [6, 6.07) is 8.68. The molecule has 3 aromatic rings. The molecule has 2 atom stereocenters. The molecule has 0 radical (unpaired) electrons. The summed E-state index contributed by atoms with van der Waals surface area (Å²) in [6.45, 7) is 4.77. The van der Waals surface area contributed by atoms with Crippen LogP contribution in [0.25, 0.3) is 11.0 Å². The Morgan fingerprint density at radius 2 is 2.03 bits per heavy atom. The van der Waals surface area contributed by atoms with Crippen LogP contribution < -0.4 is 10.2 Å². The average Bonchev–Trinajstić information content (AvgIpc) is 3.34. The summed E-state index contributed by atoms with van der Waals surface area (Å²) in [5, 5.41) is 41.8. The van der Waals surface area contributed by atoms with Gasteiger partial charge in [-0.2, -0.15) is 5.26 Å². The minimum atomic E-state index is -1.20. The highest BCUT2D eigenvalue weighted by molar-refractivity contribution is 6.29. The van der Waals surface area contributed by atoms with E-state index in [1.54, 1.807) is 6.07 Å². The van der Waals surface area contributed by atoms with Gasteiger partial charge in [-0.1, -0.05) is 17.7 Å². The normalized spacial score (nSPS) is 16.4. The van der Waals surface area contributed by atoms with Gasteiger partial charge in [-0.15, -0.1) is 0 Å². The van der Waals surface area contributed by atoms with Gasteiger partial charge >= 0.3 is 5.97 Å². The second kappa shape index (κ2) is 10.6. The number of aromatic carboxylic acids is 1. The van der Waals surface area contributed by atoms with Gasteiger partial charge in [0.15, 0.2) is 17.2 Å². The third-order valence-corrected chi connectivity index (χ3v) is 6.80. The van der Waals surface area contributed by atoms with E-state index in [1.807, 2.05) is 30.9 Å². The predicted molar refractivity (Wildman–Crippen MR) is 135 cm³/mol. The molecule has 11 heteroatoms. The number of nitrogens with zero attached hydrogens (tertiary/aromatic N) is 5. The van der Waals surface area contributed by atoms with E-state index in [0.29, 0.717) is 35.6 Å². The number of pyridine rings is 1. The molecule has 4 N–H and O–H groups in total. The number of anilines is 2. The smallest absolute Gasteiger partial charge is 0.356 e. The molecular formula is C25H27ClN6O4. The van der Waals surface area contributed by atoms with Crippen molar-refractivity contribution in [3.05, 3.63) is 51.9 Å². The Morgan fingerprint density at radius 1 is 1.28 bits per heavy atom. The van der Waals surface area contributed by atoms with Crippen LogP contribution >= 0.6 is 11.6 Å². The van der Waals surface area contributed by atoms with Gasteiger partial charge in [0.2, 0.25) is 0 Å². The first-order valence-corrected chi connectivity index (χ1v) is 12.0. The maximum absolute atomic E-state index is 11.7. The molecule has 0 spiro atoms. The van der Waals surface area contributed by atoms with E-state index in [2.05, 4.69) is 21.4 Å². The zero-order valence-electron chi connectivity index (χ0n) is 19.9. The zero-order chi connectivity index (χ0) is 26.0. The van der Waals surface area contributed by atoms with Crippen LogP contribution in [-0.4, -0.2) is 62.5 Å². The van der Waals surface area contributed by atoms with Crippen molar-refractivity contribution in [2.45, 2.75) is 26.3 Å². The molecule has 0 aliphatic carbocycles. The van der Waals surface area contributed by atoms with Crippen LogP contribution in [0.2, 0.25) is 5.15 Å². The molecule has 36 heavy (non-hydrogen) atoms. The van der Waals surface area contributed by atoms with Crippen molar-refractivity contribution in [2.75, 3.05) is 36.5 Å². The lowest BCUT2D eigenvalue weighted by Gasteiger charge is -2.23. The van der Waals surface area contributed by atoms with Gasteiger partial charge in [-0.25, -0.2) is 19.7 Å². The van der Waals surface area contributed by atoms with E-state index in [9.17, 15) is 25.4 Å². The Hall–Kier alpha value is -3.52. The van der Waals surface area contributed by atoms with Crippen molar-refractivity contribution >= 4 is 40.1 Å². The van der Waals surface area contributed by atoms with Crippen molar-refractivity contribution < 1.29 is 20.1 Å². The van der Waals surface area contributed by atoms with Gasteiger partial charge in [0.25, 0.3) is 0 Å². The lowest BCUT2D eigenvalue weighted by Crippen LogP contribution is -2.27. The third-order valence-electron chi connectivity index (χ3n) is 6.59. The van der Waals surface area contributed by atoms with Crippen LogP contribution in [0.15, 0.2) is 24.3 Å². The van der Waals surface area contributed by atoms with E-state index in [1.165, 1.54) is 6.07 Å². The van der Waals surface area contributed by atoms with E-state index in [-0.39, 0.29) is 47.6 Å². The highest BCUT2D eigenvalue weighted by Crippen LogP contribution is 2.33. The molecule has 0 bridgehead atoms. The van der Waals surface area contributed by atoms with Crippen LogP contribution in [0.5, 0.6) is 0 Å². The van der Waals surface area contributed by atoms with Gasteiger partial charge in [-0.05, 0) is 49.9 Å². The van der Waals surface area contributed by atoms with E-state index in [4.69, 9.17) is 16.6 Å². The first-order valence-electron chi connectivity index (χ1n) is 11.6. The highest BCUT2D eigenvalue weighted by Gasteiger charge is 2.31. The second-order valence-corrected chi connectivity index (χ2v) is 9.44. The number of carboxylic acid groups (broad SMARTS) is 1. The number of benzene rings is 1. The number of aryl methyl sites for hydroxylation is 1. The maximum Gasteiger partial charge on any atom is 0.356 e. The van der Waals surface area contributed by atoms with Crippen molar-refractivity contribution in [1.29, 1.82) is 5.26 Å². The molecule has 0 amide bonds. The predicted octanol–water partition coefficient (Wildman–Crippen LogP) is 3.16. The van der Waals surface area contributed by atoms with E-state index in [0.717, 1.165) is 17.5 Å². The summed E-state index contributed by atoms with van der Waals surface area (Å²) in [4.78, 5) is 27.1. The Morgan fingerprint density at radius 3 is 2.69 bits per heavy atom. The van der Waals surface area contributed by atoms with Gasteiger partial charge in [0.05, 0.1) is 22.8 Å². The van der Waals surface area contributed by atoms with Crippen molar-refractivity contribution in [3.8, 4) is 6.07 Å². The summed E-state index contributed by atoms with van der Waals surface area (Å²) in [6.07, 6.45) is 0.761. The lowest BCUT2D eigenvalue weighted by molar-refractivity contribution is 0.0691. The standard InChI is InChI=1S/C25H27ClN6O4/c1-13-7-17(14(2)28-18-3-4-21(26)30-23(18)25(35)36)22-19(8-13)29-20(9-27)24(31-22)32-6-5-15(10-32)16(11-33)12-34/h3-4,7-8,14-16,28,33-34H,5-6,10-12H2,1-2H3,(H,35,36)/t14-,15?/m1/s1. The summed E-state index contributed by atoms with van der Waals surface area (Å²) < 4.78 is 0. The van der Waals surface area contributed by atoms with Crippen molar-refractivity contribution in [2.24, 2.45) is 11.8 Å². The van der Waals surface area contributed by atoms with Gasteiger partial charge < -0.3 is 25.5 Å². The fourth-order valence-electron chi connectivity index (χ4n) is 4.70. The molecule has 188 valence electrons. The number of carboxylic acids is 1. The monoisotopic (exact) mass is 510 g/mol. The first-order chi connectivity index (χ1) is 17.2. The number of carbonyl (C=O) groups is 1.